The zero-order valence-electron chi connectivity index (χ0n) is 35.1. The highest BCUT2D eigenvalue weighted by Crippen LogP contribution is 2.17. The van der Waals surface area contributed by atoms with Crippen molar-refractivity contribution in [2.45, 2.75) is 282 Å². The predicted octanol–water partition coefficient (Wildman–Crippen LogP) is 12.4. The van der Waals surface area contributed by atoms with E-state index in [2.05, 4.69) is 19.2 Å². The molecule has 0 rings (SSSR count). The largest absolute Gasteiger partial charge is 0.394 e. The summed E-state index contributed by atoms with van der Waals surface area (Å²) in [7, 11) is 0. The van der Waals surface area contributed by atoms with Gasteiger partial charge in [-0.1, -0.05) is 245 Å². The zero-order valence-corrected chi connectivity index (χ0v) is 35.1. The lowest BCUT2D eigenvalue weighted by molar-refractivity contribution is -0.132. The number of rotatable bonds is 43. The minimum Gasteiger partial charge on any atom is -0.394 e. The normalized spacial score (nSPS) is 14.0. The van der Waals surface area contributed by atoms with Gasteiger partial charge in [0.05, 0.1) is 18.8 Å². The lowest BCUT2D eigenvalue weighted by Gasteiger charge is -2.27. The Morgan fingerprint density at radius 2 is 0.654 bits per heavy atom. The van der Waals surface area contributed by atoms with Gasteiger partial charge in [-0.05, 0) is 12.8 Å². The average Bonchev–Trinajstić information content (AvgIpc) is 3.15. The fourth-order valence-corrected chi connectivity index (χ4v) is 7.58. The minimum absolute atomic E-state index is 0.376. The second-order valence-corrected chi connectivity index (χ2v) is 16.5. The molecule has 0 aromatic rings. The first-order valence-electron chi connectivity index (χ1n) is 23.4. The molecule has 0 aliphatic rings. The van der Waals surface area contributed by atoms with Gasteiger partial charge >= 0.3 is 0 Å². The number of aliphatic hydroxyl groups excluding tert-OH is 4. The molecule has 5 N–H and O–H groups in total. The van der Waals surface area contributed by atoms with Crippen molar-refractivity contribution in [2.75, 3.05) is 6.61 Å². The van der Waals surface area contributed by atoms with Gasteiger partial charge in [-0.15, -0.1) is 0 Å². The molecule has 0 bridgehead atoms. The van der Waals surface area contributed by atoms with Crippen molar-refractivity contribution in [3.63, 3.8) is 0 Å². The van der Waals surface area contributed by atoms with Crippen LogP contribution in [-0.2, 0) is 4.79 Å². The Kier molecular flexibility index (Phi) is 40.9. The monoisotopic (exact) mass is 740 g/mol. The summed E-state index contributed by atoms with van der Waals surface area (Å²) < 4.78 is 0. The van der Waals surface area contributed by atoms with Crippen LogP contribution in [0.25, 0.3) is 0 Å². The number of aliphatic hydroxyl groups is 4. The summed E-state index contributed by atoms with van der Waals surface area (Å²) in [6.45, 7) is 4.07. The Bertz CT molecular complexity index is 706. The van der Waals surface area contributed by atoms with Crippen molar-refractivity contribution in [1.29, 1.82) is 0 Å². The summed E-state index contributed by atoms with van der Waals surface area (Å²) in [5.74, 6) is -0.578. The van der Waals surface area contributed by atoms with Crippen LogP contribution >= 0.6 is 0 Å². The van der Waals surface area contributed by atoms with Crippen molar-refractivity contribution in [2.24, 2.45) is 0 Å². The van der Waals surface area contributed by atoms with Gasteiger partial charge in [0.1, 0.15) is 12.2 Å². The van der Waals surface area contributed by atoms with Crippen LogP contribution in [0.4, 0.5) is 0 Å². The van der Waals surface area contributed by atoms with E-state index in [0.29, 0.717) is 12.8 Å². The van der Waals surface area contributed by atoms with Gasteiger partial charge in [-0.2, -0.15) is 0 Å². The van der Waals surface area contributed by atoms with Crippen LogP contribution in [-0.4, -0.2) is 57.3 Å². The second kappa shape index (κ2) is 41.5. The summed E-state index contributed by atoms with van der Waals surface area (Å²) >= 11 is 0. The maximum absolute atomic E-state index is 12.5. The van der Waals surface area contributed by atoms with Gasteiger partial charge < -0.3 is 25.7 Å². The van der Waals surface area contributed by atoms with E-state index in [0.717, 1.165) is 38.5 Å². The van der Waals surface area contributed by atoms with Crippen molar-refractivity contribution < 1.29 is 25.2 Å². The number of hydrogen-bond acceptors (Lipinski definition) is 5. The van der Waals surface area contributed by atoms with Gasteiger partial charge in [0.2, 0.25) is 5.91 Å². The molecule has 0 aromatic heterocycles. The fraction of sp³-hybridized carbons (Fsp3) is 0.978. The fourth-order valence-electron chi connectivity index (χ4n) is 7.58. The van der Waals surface area contributed by atoms with Crippen molar-refractivity contribution in [3.05, 3.63) is 0 Å². The highest BCUT2D eigenvalue weighted by atomic mass is 16.3. The third-order valence-electron chi connectivity index (χ3n) is 11.3. The second-order valence-electron chi connectivity index (χ2n) is 16.5. The molecule has 52 heavy (non-hydrogen) atoms. The first kappa shape index (κ1) is 51.3. The molecular formula is C46H93NO5. The SMILES string of the molecule is CCCCCCCCCCCCCCCCCCCCCCCC[C@@H](O)C(=O)N[C@@H](CO)[C@H](O)[C@H](O)CCCCCCCCCCCCCCCC. The molecule has 6 nitrogen and oxygen atoms in total. The maximum atomic E-state index is 12.5. The molecule has 0 aliphatic carbocycles. The van der Waals surface area contributed by atoms with E-state index in [-0.39, 0.29) is 0 Å². The van der Waals surface area contributed by atoms with E-state index < -0.39 is 36.9 Å². The molecule has 0 spiro atoms. The van der Waals surface area contributed by atoms with Crippen LogP contribution in [0.1, 0.15) is 258 Å². The van der Waals surface area contributed by atoms with Crippen LogP contribution in [0.2, 0.25) is 0 Å². The van der Waals surface area contributed by atoms with Crippen LogP contribution < -0.4 is 5.32 Å². The topological polar surface area (TPSA) is 110 Å². The van der Waals surface area contributed by atoms with E-state index >= 15 is 0 Å². The Labute approximate surface area is 324 Å². The summed E-state index contributed by atoms with van der Waals surface area (Å²) in [5.41, 5.74) is 0. The molecule has 0 heterocycles. The zero-order chi connectivity index (χ0) is 38.2. The third kappa shape index (κ3) is 35.0. The number of nitrogens with one attached hydrogen (secondary N) is 1. The summed E-state index contributed by atoms with van der Waals surface area (Å²) in [6, 6.07) is -0.978. The van der Waals surface area contributed by atoms with Crippen molar-refractivity contribution >= 4 is 5.91 Å². The minimum atomic E-state index is -1.25. The molecule has 0 aromatic carbocycles. The number of carbonyl (C=O) groups is 1. The lowest BCUT2D eigenvalue weighted by Crippen LogP contribution is -2.53. The molecule has 0 radical (unpaired) electrons. The molecule has 6 heteroatoms. The van der Waals surface area contributed by atoms with Crippen molar-refractivity contribution in [3.8, 4) is 0 Å². The Hall–Kier alpha value is -0.690. The van der Waals surface area contributed by atoms with Crippen LogP contribution in [0.15, 0.2) is 0 Å². The van der Waals surface area contributed by atoms with Crippen LogP contribution in [0.5, 0.6) is 0 Å². The maximum Gasteiger partial charge on any atom is 0.249 e. The molecule has 312 valence electrons. The summed E-state index contributed by atoms with van der Waals surface area (Å²) in [5, 5.41) is 43.7. The van der Waals surface area contributed by atoms with Crippen molar-refractivity contribution in [1.82, 2.24) is 5.32 Å². The Morgan fingerprint density at radius 3 is 0.923 bits per heavy atom. The first-order chi connectivity index (χ1) is 25.5. The van der Waals surface area contributed by atoms with E-state index in [1.807, 2.05) is 0 Å². The van der Waals surface area contributed by atoms with Gasteiger partial charge in [-0.25, -0.2) is 0 Å². The highest BCUT2D eigenvalue weighted by molar-refractivity contribution is 5.80. The number of hydrogen-bond donors (Lipinski definition) is 5. The van der Waals surface area contributed by atoms with Crippen LogP contribution in [0, 0.1) is 0 Å². The van der Waals surface area contributed by atoms with Gasteiger partial charge in [0.25, 0.3) is 0 Å². The van der Waals surface area contributed by atoms with Crippen LogP contribution in [0.3, 0.4) is 0 Å². The standard InChI is InChI=1S/C46H93NO5/c1-3-5-7-9-11-13-15-17-19-20-21-22-23-24-25-26-28-30-32-34-36-38-40-44(50)46(52)47-42(41-48)45(51)43(49)39-37-35-33-31-29-27-18-16-14-12-10-8-6-4-2/h42-45,48-51H,3-41H2,1-2H3,(H,47,52)/t42-,43+,44+,45-/m0/s1. The van der Waals surface area contributed by atoms with Gasteiger partial charge in [0, 0.05) is 0 Å². The molecular weight excluding hydrogens is 647 g/mol. The number of carbonyl (C=O) groups excluding carboxylic acids is 1. The average molecular weight is 740 g/mol. The lowest BCUT2D eigenvalue weighted by atomic mass is 9.99. The summed E-state index contributed by atoms with van der Waals surface area (Å²) in [6.07, 6.45) is 44.2. The van der Waals surface area contributed by atoms with E-state index in [1.165, 1.54) is 193 Å². The third-order valence-corrected chi connectivity index (χ3v) is 11.3. The molecule has 4 atom stereocenters. The van der Waals surface area contributed by atoms with Gasteiger partial charge in [-0.3, -0.25) is 4.79 Å². The predicted molar refractivity (Wildman–Crippen MR) is 224 cm³/mol. The first-order valence-corrected chi connectivity index (χ1v) is 23.4. The molecule has 0 fully saturated rings. The molecule has 0 aliphatic heterocycles. The van der Waals surface area contributed by atoms with E-state index in [4.69, 9.17) is 0 Å². The Morgan fingerprint density at radius 1 is 0.404 bits per heavy atom. The smallest absolute Gasteiger partial charge is 0.249 e. The molecule has 0 saturated heterocycles. The van der Waals surface area contributed by atoms with Gasteiger partial charge in [0.15, 0.2) is 0 Å². The van der Waals surface area contributed by atoms with E-state index in [1.54, 1.807) is 0 Å². The molecule has 0 saturated carbocycles. The molecule has 0 unspecified atom stereocenters. The number of amides is 1. The Balaban J connectivity index is 3.64. The molecule has 1 amide bonds. The summed E-state index contributed by atoms with van der Waals surface area (Å²) in [4.78, 5) is 12.5. The highest BCUT2D eigenvalue weighted by Gasteiger charge is 2.28. The van der Waals surface area contributed by atoms with E-state index in [9.17, 15) is 25.2 Å². The quantitative estimate of drug-likeness (QED) is 0.0400. The number of unbranched alkanes of at least 4 members (excludes halogenated alkanes) is 34.